The van der Waals surface area contributed by atoms with Crippen molar-refractivity contribution >= 4 is 28.3 Å². The predicted octanol–water partition coefficient (Wildman–Crippen LogP) is 3.98. The molecule has 0 saturated heterocycles. The molecule has 0 amide bonds. The Morgan fingerprint density at radius 3 is 2.70 bits per heavy atom. The number of hydrogen-bond donors (Lipinski definition) is 0. The molecule has 0 spiro atoms. The summed E-state index contributed by atoms with van der Waals surface area (Å²) in [5.41, 5.74) is 2.35. The lowest BCUT2D eigenvalue weighted by Crippen LogP contribution is -2.06. The largest absolute Gasteiger partial charge is 0.497 e. The molecule has 0 N–H and O–H groups in total. The van der Waals surface area contributed by atoms with Gasteiger partial charge in [-0.25, -0.2) is 4.98 Å². The van der Waals surface area contributed by atoms with E-state index in [0.717, 1.165) is 22.2 Å². The molecule has 2 aromatic carbocycles. The van der Waals surface area contributed by atoms with Crippen molar-refractivity contribution in [3.63, 3.8) is 0 Å². The van der Waals surface area contributed by atoms with E-state index in [0.29, 0.717) is 28.1 Å². The van der Waals surface area contributed by atoms with E-state index < -0.39 is 0 Å². The molecule has 0 unspecified atom stereocenters. The first kappa shape index (κ1) is 18.3. The molecule has 3 heterocycles. The molecule has 5 rings (SSSR count). The van der Waals surface area contributed by atoms with Crippen molar-refractivity contribution in [2.24, 2.45) is 0 Å². The second-order valence-corrected chi connectivity index (χ2v) is 6.90. The van der Waals surface area contributed by atoms with E-state index >= 15 is 0 Å². The lowest BCUT2D eigenvalue weighted by atomic mass is 10.2. The maximum atomic E-state index is 6.02. The van der Waals surface area contributed by atoms with Gasteiger partial charge in [-0.2, -0.15) is 9.61 Å². The van der Waals surface area contributed by atoms with Gasteiger partial charge in [-0.05, 0) is 30.3 Å². The number of fused-ring (bicyclic) bond motifs is 2. The summed E-state index contributed by atoms with van der Waals surface area (Å²) >= 11 is 5.97. The predicted molar refractivity (Wildman–Crippen MR) is 112 cm³/mol. The summed E-state index contributed by atoms with van der Waals surface area (Å²) in [5, 5.41) is 14.4. The van der Waals surface area contributed by atoms with E-state index in [-0.39, 0.29) is 6.61 Å². The molecule has 0 aliphatic heterocycles. The molecule has 3 aromatic heterocycles. The first-order chi connectivity index (χ1) is 14.7. The normalized spacial score (nSPS) is 11.1. The summed E-state index contributed by atoms with van der Waals surface area (Å²) in [6.07, 6.45) is 3.35. The van der Waals surface area contributed by atoms with Gasteiger partial charge in [-0.3, -0.25) is 4.98 Å². The topological polar surface area (TPSA) is 87.3 Å². The third kappa shape index (κ3) is 3.37. The first-order valence-corrected chi connectivity index (χ1v) is 9.48. The molecular formula is C21H15ClN6O2. The Labute approximate surface area is 176 Å². The van der Waals surface area contributed by atoms with E-state index in [1.54, 1.807) is 24.0 Å². The number of nitrogens with zero attached hydrogens (tertiary/aromatic N) is 6. The Kier molecular flexibility index (Phi) is 4.61. The average Bonchev–Trinajstić information content (AvgIpc) is 3.20. The Morgan fingerprint density at radius 2 is 1.87 bits per heavy atom. The van der Waals surface area contributed by atoms with Crippen LogP contribution in [-0.2, 0) is 6.61 Å². The van der Waals surface area contributed by atoms with Crippen molar-refractivity contribution in [3.8, 4) is 22.8 Å². The van der Waals surface area contributed by atoms with Crippen molar-refractivity contribution in [3.05, 3.63) is 71.8 Å². The highest BCUT2D eigenvalue weighted by Gasteiger charge is 2.12. The van der Waals surface area contributed by atoms with Gasteiger partial charge in [0.15, 0.2) is 5.82 Å². The fourth-order valence-corrected chi connectivity index (χ4v) is 3.20. The van der Waals surface area contributed by atoms with Crippen molar-refractivity contribution in [2.45, 2.75) is 6.61 Å². The van der Waals surface area contributed by atoms with E-state index in [1.807, 2.05) is 48.5 Å². The zero-order chi connectivity index (χ0) is 20.5. The highest BCUT2D eigenvalue weighted by Crippen LogP contribution is 2.27. The SMILES string of the molecule is COc1ccc2c(OCc3nnc4ncc(-c5ccc(Cl)cc5)nn34)ccnc2c1. The van der Waals surface area contributed by atoms with Crippen molar-refractivity contribution in [2.75, 3.05) is 7.11 Å². The Bertz CT molecular complexity index is 1350. The lowest BCUT2D eigenvalue weighted by molar-refractivity contribution is 0.296. The molecule has 0 radical (unpaired) electrons. The van der Waals surface area contributed by atoms with Crippen molar-refractivity contribution in [1.29, 1.82) is 0 Å². The van der Waals surface area contributed by atoms with Crippen LogP contribution in [0.2, 0.25) is 5.02 Å². The van der Waals surface area contributed by atoms with Crippen LogP contribution in [0.3, 0.4) is 0 Å². The monoisotopic (exact) mass is 418 g/mol. The highest BCUT2D eigenvalue weighted by atomic mass is 35.5. The Hall–Kier alpha value is -3.78. The van der Waals surface area contributed by atoms with E-state index in [9.17, 15) is 0 Å². The summed E-state index contributed by atoms with van der Waals surface area (Å²) in [4.78, 5) is 8.71. The molecule has 0 aliphatic carbocycles. The van der Waals surface area contributed by atoms with E-state index in [2.05, 4.69) is 25.3 Å². The standard InChI is InChI=1S/C21H15ClN6O2/c1-29-15-6-7-16-17(10-15)23-9-8-19(16)30-12-20-25-26-21-24-11-18(27-28(20)21)13-2-4-14(22)5-3-13/h2-11H,12H2,1H3. The Morgan fingerprint density at radius 1 is 1.00 bits per heavy atom. The Balaban J connectivity index is 1.45. The van der Waals surface area contributed by atoms with Crippen LogP contribution >= 0.6 is 11.6 Å². The number of rotatable bonds is 5. The zero-order valence-electron chi connectivity index (χ0n) is 15.9. The van der Waals surface area contributed by atoms with Crippen molar-refractivity contribution in [1.82, 2.24) is 29.8 Å². The highest BCUT2D eigenvalue weighted by molar-refractivity contribution is 6.30. The molecule has 0 saturated carbocycles. The van der Waals surface area contributed by atoms with Gasteiger partial charge in [0, 0.05) is 28.2 Å². The van der Waals surface area contributed by atoms with Crippen molar-refractivity contribution < 1.29 is 9.47 Å². The van der Waals surface area contributed by atoms with Gasteiger partial charge in [0.05, 0.1) is 18.8 Å². The van der Waals surface area contributed by atoms with Gasteiger partial charge in [0.2, 0.25) is 0 Å². The zero-order valence-corrected chi connectivity index (χ0v) is 16.6. The summed E-state index contributed by atoms with van der Waals surface area (Å²) in [7, 11) is 1.62. The molecule has 0 fully saturated rings. The number of benzene rings is 2. The minimum atomic E-state index is 0.172. The minimum absolute atomic E-state index is 0.172. The minimum Gasteiger partial charge on any atom is -0.497 e. The average molecular weight is 419 g/mol. The number of hydrogen-bond acceptors (Lipinski definition) is 7. The van der Waals surface area contributed by atoms with Crippen LogP contribution in [0.5, 0.6) is 11.5 Å². The third-order valence-electron chi connectivity index (χ3n) is 4.61. The van der Waals surface area contributed by atoms with Gasteiger partial charge in [-0.15, -0.1) is 10.2 Å². The molecule has 0 atom stereocenters. The smallest absolute Gasteiger partial charge is 0.272 e. The number of ether oxygens (including phenoxy) is 2. The molecule has 9 heteroatoms. The molecule has 0 bridgehead atoms. The molecule has 148 valence electrons. The maximum absolute atomic E-state index is 6.02. The summed E-state index contributed by atoms with van der Waals surface area (Å²) < 4.78 is 12.9. The van der Waals surface area contributed by atoms with Crippen LogP contribution in [0.15, 0.2) is 60.9 Å². The van der Waals surface area contributed by atoms with Gasteiger partial charge < -0.3 is 9.47 Å². The number of aromatic nitrogens is 6. The molecule has 30 heavy (non-hydrogen) atoms. The van der Waals surface area contributed by atoms with Crippen LogP contribution in [0, 0.1) is 0 Å². The number of pyridine rings is 1. The van der Waals surface area contributed by atoms with Gasteiger partial charge in [0.25, 0.3) is 5.78 Å². The first-order valence-electron chi connectivity index (χ1n) is 9.10. The summed E-state index contributed by atoms with van der Waals surface area (Å²) in [6.45, 7) is 0.172. The van der Waals surface area contributed by atoms with Crippen LogP contribution < -0.4 is 9.47 Å². The fourth-order valence-electron chi connectivity index (χ4n) is 3.08. The molecule has 0 aliphatic rings. The second kappa shape index (κ2) is 7.57. The summed E-state index contributed by atoms with van der Waals surface area (Å²) in [5.74, 6) is 2.35. The van der Waals surface area contributed by atoms with Crippen LogP contribution in [0.25, 0.3) is 27.9 Å². The molecule has 8 nitrogen and oxygen atoms in total. The maximum Gasteiger partial charge on any atom is 0.272 e. The number of methoxy groups -OCH3 is 1. The third-order valence-corrected chi connectivity index (χ3v) is 4.86. The number of halogens is 1. The molecular weight excluding hydrogens is 404 g/mol. The van der Waals surface area contributed by atoms with Crippen LogP contribution in [-0.4, -0.2) is 36.9 Å². The van der Waals surface area contributed by atoms with Crippen LogP contribution in [0.1, 0.15) is 5.82 Å². The summed E-state index contributed by atoms with van der Waals surface area (Å²) in [6, 6.07) is 14.8. The second-order valence-electron chi connectivity index (χ2n) is 6.46. The quantitative estimate of drug-likeness (QED) is 0.426. The van der Waals surface area contributed by atoms with E-state index in [1.165, 1.54) is 0 Å². The fraction of sp³-hybridized carbons (Fsp3) is 0.0952. The van der Waals surface area contributed by atoms with Crippen LogP contribution in [0.4, 0.5) is 0 Å². The van der Waals surface area contributed by atoms with Gasteiger partial charge in [-0.1, -0.05) is 23.7 Å². The van der Waals surface area contributed by atoms with Gasteiger partial charge in [0.1, 0.15) is 23.8 Å². The van der Waals surface area contributed by atoms with E-state index in [4.69, 9.17) is 21.1 Å². The lowest BCUT2D eigenvalue weighted by Gasteiger charge is -2.09. The molecule has 5 aromatic rings. The van der Waals surface area contributed by atoms with Gasteiger partial charge >= 0.3 is 0 Å².